The van der Waals surface area contributed by atoms with Gasteiger partial charge in [0.1, 0.15) is 12.6 Å². The first-order valence-corrected chi connectivity index (χ1v) is 13.5. The van der Waals surface area contributed by atoms with E-state index in [1.54, 1.807) is 16.7 Å². The molecule has 1 atom stereocenters. The lowest BCUT2D eigenvalue weighted by Crippen LogP contribution is -2.51. The highest BCUT2D eigenvalue weighted by atomic mass is 32.2. The highest BCUT2D eigenvalue weighted by Crippen LogP contribution is 2.44. The third-order valence-corrected chi connectivity index (χ3v) is 7.58. The maximum Gasteiger partial charge on any atom is 0.407 e. The number of hydrogen-bond acceptors (Lipinski definition) is 5. The molecular weight excluding hydrogens is 464 g/mol. The number of rotatable bonds is 9. The van der Waals surface area contributed by atoms with Gasteiger partial charge in [-0.15, -0.1) is 0 Å². The molecule has 2 amide bonds. The Morgan fingerprint density at radius 1 is 1.06 bits per heavy atom. The Hall–Kier alpha value is -3.00. The summed E-state index contributed by atoms with van der Waals surface area (Å²) in [5.41, 5.74) is 4.61. The number of likely N-dealkylation sites (tertiary alicyclic amines) is 1. The second-order valence-electron chi connectivity index (χ2n) is 9.17. The number of ether oxygens (including phenoxy) is 1. The van der Waals surface area contributed by atoms with Gasteiger partial charge in [-0.1, -0.05) is 48.5 Å². The first-order valence-electron chi connectivity index (χ1n) is 12.1. The number of nitrogens with zero attached hydrogens (tertiary/aromatic N) is 1. The van der Waals surface area contributed by atoms with Crippen molar-refractivity contribution in [3.63, 3.8) is 0 Å². The number of carboxylic acid groups (broad SMARTS) is 1. The molecule has 1 saturated heterocycles. The molecule has 2 aromatic carbocycles. The maximum absolute atomic E-state index is 13.2. The number of fused-ring (bicyclic) bond motifs is 3. The number of nitrogens with one attached hydrogen (secondary N) is 1. The Kier molecular flexibility index (Phi) is 8.33. The van der Waals surface area contributed by atoms with Crippen molar-refractivity contribution in [3.8, 4) is 11.1 Å². The molecule has 1 fully saturated rings. The standard InChI is InChI=1S/C27H32N2O5S/c1-35-15-12-24(26(32)29-13-10-18(11-14-29)16-25(30)31)28-27(33)34-17-23-21-8-4-2-6-19(21)20-7-3-5-9-22(20)23/h2-9,18,23-24H,10-17H2,1H3,(H,28,33)(H,30,31). The van der Waals surface area contributed by atoms with Crippen molar-refractivity contribution < 1.29 is 24.2 Å². The van der Waals surface area contributed by atoms with Crippen molar-refractivity contribution in [3.05, 3.63) is 59.7 Å². The van der Waals surface area contributed by atoms with Crippen LogP contribution in [0.2, 0.25) is 0 Å². The third kappa shape index (κ3) is 5.99. The fraction of sp³-hybridized carbons (Fsp3) is 0.444. The summed E-state index contributed by atoms with van der Waals surface area (Å²) in [6.07, 6.45) is 3.35. The number of benzene rings is 2. The zero-order chi connectivity index (χ0) is 24.8. The molecule has 1 aliphatic carbocycles. The summed E-state index contributed by atoms with van der Waals surface area (Å²) in [7, 11) is 0. The summed E-state index contributed by atoms with van der Waals surface area (Å²) >= 11 is 1.62. The smallest absolute Gasteiger partial charge is 0.407 e. The molecule has 7 nitrogen and oxygen atoms in total. The number of carboxylic acids is 1. The normalized spacial score (nSPS) is 16.3. The van der Waals surface area contributed by atoms with Crippen molar-refractivity contribution in [2.24, 2.45) is 5.92 Å². The van der Waals surface area contributed by atoms with Crippen molar-refractivity contribution >= 4 is 29.7 Å². The van der Waals surface area contributed by atoms with E-state index in [0.717, 1.165) is 28.0 Å². The molecule has 0 saturated carbocycles. The number of amides is 2. The van der Waals surface area contributed by atoms with Gasteiger partial charge in [-0.3, -0.25) is 9.59 Å². The Labute approximate surface area is 210 Å². The van der Waals surface area contributed by atoms with E-state index in [9.17, 15) is 14.4 Å². The SMILES string of the molecule is CSCCC(NC(=O)OCC1c2ccccc2-c2ccccc21)C(=O)N1CCC(CC(=O)O)CC1. The molecule has 4 rings (SSSR count). The quantitative estimate of drug-likeness (QED) is 0.536. The molecule has 1 heterocycles. The largest absolute Gasteiger partial charge is 0.481 e. The number of aliphatic carboxylic acids is 1. The number of piperidine rings is 1. The van der Waals surface area contributed by atoms with Crippen LogP contribution < -0.4 is 5.32 Å². The number of alkyl carbamates (subject to hydrolysis) is 1. The lowest BCUT2D eigenvalue weighted by atomic mass is 9.93. The minimum absolute atomic E-state index is 0.0400. The van der Waals surface area contributed by atoms with Crippen LogP contribution in [0, 0.1) is 5.92 Å². The fourth-order valence-electron chi connectivity index (χ4n) is 5.10. The summed E-state index contributed by atoms with van der Waals surface area (Å²) in [6.45, 7) is 1.22. The molecule has 2 aromatic rings. The van der Waals surface area contributed by atoms with E-state index in [2.05, 4.69) is 29.6 Å². The molecule has 1 aliphatic heterocycles. The number of thioether (sulfide) groups is 1. The van der Waals surface area contributed by atoms with Gasteiger partial charge in [0.25, 0.3) is 0 Å². The van der Waals surface area contributed by atoms with Gasteiger partial charge in [0.2, 0.25) is 5.91 Å². The van der Waals surface area contributed by atoms with Crippen LogP contribution in [0.4, 0.5) is 4.79 Å². The zero-order valence-electron chi connectivity index (χ0n) is 19.9. The van der Waals surface area contributed by atoms with Gasteiger partial charge in [0, 0.05) is 25.4 Å². The molecule has 35 heavy (non-hydrogen) atoms. The monoisotopic (exact) mass is 496 g/mol. The minimum Gasteiger partial charge on any atom is -0.481 e. The average molecular weight is 497 g/mol. The topological polar surface area (TPSA) is 95.9 Å². The fourth-order valence-corrected chi connectivity index (χ4v) is 5.57. The third-order valence-electron chi connectivity index (χ3n) is 6.93. The first-order chi connectivity index (χ1) is 17.0. The van der Waals surface area contributed by atoms with Crippen LogP contribution >= 0.6 is 11.8 Å². The number of carbonyl (C=O) groups excluding carboxylic acids is 2. The molecular formula is C27H32N2O5S. The Bertz CT molecular complexity index is 1020. The van der Waals surface area contributed by atoms with Crippen molar-refractivity contribution in [1.29, 1.82) is 0 Å². The molecule has 8 heteroatoms. The number of hydrogen-bond donors (Lipinski definition) is 2. The van der Waals surface area contributed by atoms with Crippen LogP contribution in [0.25, 0.3) is 11.1 Å². The molecule has 0 radical (unpaired) electrons. The molecule has 1 unspecified atom stereocenters. The molecule has 2 N–H and O–H groups in total. The summed E-state index contributed by atoms with van der Waals surface area (Å²) in [5.74, 6) is -0.140. The van der Waals surface area contributed by atoms with E-state index in [1.165, 1.54) is 0 Å². The van der Waals surface area contributed by atoms with Crippen molar-refractivity contribution in [1.82, 2.24) is 10.2 Å². The van der Waals surface area contributed by atoms with Crippen LogP contribution in [0.5, 0.6) is 0 Å². The van der Waals surface area contributed by atoms with Gasteiger partial charge in [-0.2, -0.15) is 11.8 Å². The lowest BCUT2D eigenvalue weighted by Gasteiger charge is -2.34. The summed E-state index contributed by atoms with van der Waals surface area (Å²) < 4.78 is 5.66. The van der Waals surface area contributed by atoms with E-state index in [0.29, 0.717) is 32.4 Å². The van der Waals surface area contributed by atoms with Crippen LogP contribution in [-0.2, 0) is 14.3 Å². The number of carbonyl (C=O) groups is 3. The van der Waals surface area contributed by atoms with Crippen molar-refractivity contribution in [2.75, 3.05) is 31.7 Å². The highest BCUT2D eigenvalue weighted by molar-refractivity contribution is 7.98. The molecule has 0 aromatic heterocycles. The second-order valence-corrected chi connectivity index (χ2v) is 10.2. The van der Waals surface area contributed by atoms with Crippen LogP contribution in [0.15, 0.2) is 48.5 Å². The van der Waals surface area contributed by atoms with Crippen LogP contribution in [0.1, 0.15) is 42.7 Å². The molecule has 0 bridgehead atoms. The van der Waals surface area contributed by atoms with Crippen molar-refractivity contribution in [2.45, 2.75) is 37.6 Å². The zero-order valence-corrected chi connectivity index (χ0v) is 20.8. The Balaban J connectivity index is 1.36. The minimum atomic E-state index is -0.801. The van der Waals surface area contributed by atoms with E-state index >= 15 is 0 Å². The van der Waals surface area contributed by atoms with Gasteiger partial charge in [-0.05, 0) is 59.4 Å². The predicted octanol–water partition coefficient (Wildman–Crippen LogP) is 4.36. The lowest BCUT2D eigenvalue weighted by molar-refractivity contribution is -0.139. The Morgan fingerprint density at radius 3 is 2.23 bits per heavy atom. The summed E-state index contributed by atoms with van der Waals surface area (Å²) in [6, 6.07) is 15.7. The van der Waals surface area contributed by atoms with E-state index < -0.39 is 18.1 Å². The predicted molar refractivity (Wildman–Crippen MR) is 137 cm³/mol. The summed E-state index contributed by atoms with van der Waals surface area (Å²) in [5, 5.41) is 11.8. The van der Waals surface area contributed by atoms with Gasteiger partial charge in [-0.25, -0.2) is 4.79 Å². The summed E-state index contributed by atoms with van der Waals surface area (Å²) in [4.78, 5) is 38.7. The molecule has 186 valence electrons. The highest BCUT2D eigenvalue weighted by Gasteiger charge is 2.32. The van der Waals surface area contributed by atoms with Gasteiger partial charge >= 0.3 is 12.1 Å². The maximum atomic E-state index is 13.2. The van der Waals surface area contributed by atoms with E-state index in [-0.39, 0.29) is 30.8 Å². The van der Waals surface area contributed by atoms with Crippen LogP contribution in [-0.4, -0.2) is 65.7 Å². The Morgan fingerprint density at radius 2 is 1.66 bits per heavy atom. The van der Waals surface area contributed by atoms with E-state index in [1.807, 2.05) is 30.5 Å². The van der Waals surface area contributed by atoms with Crippen LogP contribution in [0.3, 0.4) is 0 Å². The second kappa shape index (κ2) is 11.6. The van der Waals surface area contributed by atoms with Gasteiger partial charge in [0.05, 0.1) is 0 Å². The average Bonchev–Trinajstić information content (AvgIpc) is 3.18. The molecule has 2 aliphatic rings. The van der Waals surface area contributed by atoms with Gasteiger partial charge < -0.3 is 20.1 Å². The molecule has 0 spiro atoms. The first kappa shape index (κ1) is 25.1. The van der Waals surface area contributed by atoms with Gasteiger partial charge in [0.15, 0.2) is 0 Å². The van der Waals surface area contributed by atoms with E-state index in [4.69, 9.17) is 9.84 Å².